The van der Waals surface area contributed by atoms with E-state index < -0.39 is 0 Å². The van der Waals surface area contributed by atoms with E-state index in [2.05, 4.69) is 15.6 Å². The van der Waals surface area contributed by atoms with Crippen molar-refractivity contribution < 1.29 is 9.21 Å². The molecule has 0 radical (unpaired) electrons. The number of hydrogen-bond donors (Lipinski definition) is 2. The van der Waals surface area contributed by atoms with Crippen LogP contribution in [0.4, 0.5) is 0 Å². The first-order valence-corrected chi connectivity index (χ1v) is 8.10. The molecule has 1 aliphatic heterocycles. The molecule has 3 rings (SSSR count). The molecule has 0 saturated carbocycles. The van der Waals surface area contributed by atoms with Crippen molar-refractivity contribution in [1.82, 2.24) is 15.6 Å². The van der Waals surface area contributed by atoms with Gasteiger partial charge in [0.05, 0.1) is 17.0 Å². The minimum Gasteiger partial charge on any atom is -0.440 e. The second kappa shape index (κ2) is 6.41. The summed E-state index contributed by atoms with van der Waals surface area (Å²) in [5.41, 5.74) is 0.722. The minimum atomic E-state index is 0.0119. The summed E-state index contributed by atoms with van der Waals surface area (Å²) in [5.74, 6) is 1.33. The van der Waals surface area contributed by atoms with Gasteiger partial charge in [0.25, 0.3) is 0 Å². The number of carbonyl (C=O) groups is 1. The molecular weight excluding hydrogens is 286 g/mol. The largest absolute Gasteiger partial charge is 0.440 e. The normalized spacial score (nSPS) is 18.6. The molecule has 1 atom stereocenters. The van der Waals surface area contributed by atoms with Crippen molar-refractivity contribution in [2.24, 2.45) is 0 Å². The summed E-state index contributed by atoms with van der Waals surface area (Å²) in [7, 11) is 0. The maximum atomic E-state index is 12.1. The zero-order valence-electron chi connectivity index (χ0n) is 12.0. The zero-order chi connectivity index (χ0) is 14.7. The van der Waals surface area contributed by atoms with Crippen LogP contribution < -0.4 is 10.6 Å². The number of nitrogens with zero attached hydrogens (tertiary/aromatic N) is 1. The van der Waals surface area contributed by atoms with E-state index in [0.717, 1.165) is 42.3 Å². The quantitative estimate of drug-likeness (QED) is 0.908. The molecule has 112 valence electrons. The molecule has 21 heavy (non-hydrogen) atoms. The maximum absolute atomic E-state index is 12.1. The summed E-state index contributed by atoms with van der Waals surface area (Å²) >= 11 is 1.58. The molecule has 1 saturated heterocycles. The number of aromatic nitrogens is 1. The van der Waals surface area contributed by atoms with Crippen molar-refractivity contribution in [2.75, 3.05) is 13.1 Å². The zero-order valence-corrected chi connectivity index (χ0v) is 12.8. The van der Waals surface area contributed by atoms with Gasteiger partial charge >= 0.3 is 0 Å². The lowest BCUT2D eigenvalue weighted by atomic mass is 10.1. The molecule has 0 bridgehead atoms. The van der Waals surface area contributed by atoms with Gasteiger partial charge in [-0.2, -0.15) is 0 Å². The van der Waals surface area contributed by atoms with Crippen molar-refractivity contribution in [3.63, 3.8) is 0 Å². The summed E-state index contributed by atoms with van der Waals surface area (Å²) in [6.07, 6.45) is 2.42. The Morgan fingerprint density at radius 2 is 2.52 bits per heavy atom. The topological polar surface area (TPSA) is 67.2 Å². The van der Waals surface area contributed by atoms with Crippen LogP contribution >= 0.6 is 11.3 Å². The van der Waals surface area contributed by atoms with Crippen LogP contribution in [0.3, 0.4) is 0 Å². The maximum Gasteiger partial charge on any atom is 0.236 e. The third-order valence-corrected chi connectivity index (χ3v) is 4.47. The number of piperidine rings is 1. The fraction of sp³-hybridized carbons (Fsp3) is 0.467. The summed E-state index contributed by atoms with van der Waals surface area (Å²) < 4.78 is 5.66. The Bertz CT molecular complexity index is 600. The molecule has 2 aromatic heterocycles. The predicted octanol–water partition coefficient (Wildman–Crippen LogP) is 2.12. The SMILES string of the molecule is Cc1oc(-c2cccs2)nc1CC(=O)N[C@H]1CCCNC1. The fourth-order valence-corrected chi connectivity index (χ4v) is 3.15. The van der Waals surface area contributed by atoms with E-state index in [-0.39, 0.29) is 18.4 Å². The van der Waals surface area contributed by atoms with Gasteiger partial charge in [0.1, 0.15) is 5.76 Å². The Morgan fingerprint density at radius 3 is 3.24 bits per heavy atom. The molecule has 1 aliphatic rings. The highest BCUT2D eigenvalue weighted by Crippen LogP contribution is 2.26. The van der Waals surface area contributed by atoms with Gasteiger partial charge in [-0.1, -0.05) is 6.07 Å². The lowest BCUT2D eigenvalue weighted by Crippen LogP contribution is -2.46. The number of aryl methyl sites for hydroxylation is 1. The first-order chi connectivity index (χ1) is 10.2. The monoisotopic (exact) mass is 305 g/mol. The van der Waals surface area contributed by atoms with Gasteiger partial charge in [-0.3, -0.25) is 4.79 Å². The second-order valence-electron chi connectivity index (χ2n) is 5.29. The summed E-state index contributed by atoms with van der Waals surface area (Å²) in [6, 6.07) is 4.16. The summed E-state index contributed by atoms with van der Waals surface area (Å²) in [5, 5.41) is 8.33. The average molecular weight is 305 g/mol. The van der Waals surface area contributed by atoms with E-state index in [1.807, 2.05) is 24.4 Å². The molecule has 6 heteroatoms. The van der Waals surface area contributed by atoms with Crippen molar-refractivity contribution in [3.8, 4) is 10.8 Å². The smallest absolute Gasteiger partial charge is 0.236 e. The number of amides is 1. The Morgan fingerprint density at radius 1 is 1.62 bits per heavy atom. The number of thiophene rings is 1. The molecule has 1 amide bonds. The van der Waals surface area contributed by atoms with Gasteiger partial charge in [0.2, 0.25) is 11.8 Å². The highest BCUT2D eigenvalue weighted by Gasteiger charge is 2.18. The first-order valence-electron chi connectivity index (χ1n) is 7.22. The third kappa shape index (κ3) is 3.51. The number of carbonyl (C=O) groups excluding carboxylic acids is 1. The van der Waals surface area contributed by atoms with Crippen LogP contribution in [0.1, 0.15) is 24.3 Å². The van der Waals surface area contributed by atoms with E-state index in [1.54, 1.807) is 11.3 Å². The lowest BCUT2D eigenvalue weighted by molar-refractivity contribution is -0.121. The van der Waals surface area contributed by atoms with Crippen LogP contribution in [0.25, 0.3) is 10.8 Å². The second-order valence-corrected chi connectivity index (χ2v) is 6.23. The molecule has 0 aliphatic carbocycles. The van der Waals surface area contributed by atoms with E-state index in [1.165, 1.54) is 0 Å². The molecule has 5 nitrogen and oxygen atoms in total. The van der Waals surface area contributed by atoms with Gasteiger partial charge in [-0.05, 0) is 37.8 Å². The van der Waals surface area contributed by atoms with Gasteiger partial charge < -0.3 is 15.1 Å². The molecule has 0 aromatic carbocycles. The molecule has 1 fully saturated rings. The van der Waals surface area contributed by atoms with Crippen molar-refractivity contribution in [1.29, 1.82) is 0 Å². The summed E-state index contributed by atoms with van der Waals surface area (Å²) in [6.45, 7) is 3.75. The van der Waals surface area contributed by atoms with Gasteiger partial charge in [-0.25, -0.2) is 4.98 Å². The van der Waals surface area contributed by atoms with Gasteiger partial charge in [-0.15, -0.1) is 11.3 Å². The number of hydrogen-bond acceptors (Lipinski definition) is 5. The molecule has 2 N–H and O–H groups in total. The molecular formula is C15H19N3O2S. The fourth-order valence-electron chi connectivity index (χ4n) is 2.50. The van der Waals surface area contributed by atoms with Crippen LogP contribution in [0, 0.1) is 6.92 Å². The summed E-state index contributed by atoms with van der Waals surface area (Å²) in [4.78, 5) is 17.6. The van der Waals surface area contributed by atoms with E-state index in [9.17, 15) is 4.79 Å². The highest BCUT2D eigenvalue weighted by molar-refractivity contribution is 7.13. The van der Waals surface area contributed by atoms with E-state index in [4.69, 9.17) is 4.42 Å². The van der Waals surface area contributed by atoms with Crippen LogP contribution in [-0.2, 0) is 11.2 Å². The molecule has 0 unspecified atom stereocenters. The Balaban J connectivity index is 1.63. The minimum absolute atomic E-state index is 0.0119. The van der Waals surface area contributed by atoms with E-state index >= 15 is 0 Å². The molecule has 3 heterocycles. The van der Waals surface area contributed by atoms with Crippen LogP contribution in [0.2, 0.25) is 0 Å². The third-order valence-electron chi connectivity index (χ3n) is 3.61. The highest BCUT2D eigenvalue weighted by atomic mass is 32.1. The van der Waals surface area contributed by atoms with Crippen molar-refractivity contribution in [2.45, 2.75) is 32.2 Å². The predicted molar refractivity (Wildman–Crippen MR) is 82.3 cm³/mol. The van der Waals surface area contributed by atoms with Crippen LogP contribution in [0.5, 0.6) is 0 Å². The standard InChI is InChI=1S/C15H19N3O2S/c1-10-12(18-15(20-10)13-5-3-7-21-13)8-14(19)17-11-4-2-6-16-9-11/h3,5,7,11,16H,2,4,6,8-9H2,1H3,(H,17,19)/t11-/m0/s1. The van der Waals surface area contributed by atoms with Gasteiger partial charge in [0.15, 0.2) is 0 Å². The van der Waals surface area contributed by atoms with Crippen molar-refractivity contribution >= 4 is 17.2 Å². The lowest BCUT2D eigenvalue weighted by Gasteiger charge is -2.23. The van der Waals surface area contributed by atoms with E-state index in [0.29, 0.717) is 5.89 Å². The van der Waals surface area contributed by atoms with Crippen molar-refractivity contribution in [3.05, 3.63) is 29.0 Å². The Kier molecular flexibility index (Phi) is 4.36. The van der Waals surface area contributed by atoms with Crippen LogP contribution in [-0.4, -0.2) is 30.0 Å². The first kappa shape index (κ1) is 14.3. The molecule has 0 spiro atoms. The number of rotatable bonds is 4. The Hall–Kier alpha value is -1.66. The van der Waals surface area contributed by atoms with Gasteiger partial charge in [0, 0.05) is 12.6 Å². The number of nitrogens with one attached hydrogen (secondary N) is 2. The average Bonchev–Trinajstić information content (AvgIpc) is 3.10. The Labute approximate surface area is 127 Å². The van der Waals surface area contributed by atoms with Crippen LogP contribution in [0.15, 0.2) is 21.9 Å². The molecule has 2 aromatic rings. The number of oxazole rings is 1.